The Morgan fingerprint density at radius 1 is 0.867 bits per heavy atom. The van der Waals surface area contributed by atoms with Crippen LogP contribution in [0.4, 0.5) is 0 Å². The molecule has 0 aromatic carbocycles. The Morgan fingerprint density at radius 2 is 1.20 bits per heavy atom. The zero-order chi connectivity index (χ0) is 12.7. The maximum absolute atomic E-state index is 10.0. The molecule has 0 saturated heterocycles. The summed E-state index contributed by atoms with van der Waals surface area (Å²) in [5, 5.41) is 10.6. The number of rotatable bonds is 3. The molecule has 0 heterocycles. The summed E-state index contributed by atoms with van der Waals surface area (Å²) >= 11 is 0. The van der Waals surface area contributed by atoms with Gasteiger partial charge in [0.25, 0.3) is 0 Å². The summed E-state index contributed by atoms with van der Waals surface area (Å²) in [6.45, 7) is 20.4. The summed E-state index contributed by atoms with van der Waals surface area (Å²) < 4.78 is 0. The minimum atomic E-state index is -1.40. The zero-order valence-corrected chi connectivity index (χ0v) is 13.2. The molecule has 0 aromatic rings. The summed E-state index contributed by atoms with van der Waals surface area (Å²) in [4.78, 5) is 0. The Balaban J connectivity index is 5.03. The average molecular weight is 230 g/mol. The van der Waals surface area contributed by atoms with Crippen LogP contribution >= 0.6 is 0 Å². The van der Waals surface area contributed by atoms with Gasteiger partial charge in [0.05, 0.1) is 13.7 Å². The molecule has 2 heteroatoms. The van der Waals surface area contributed by atoms with Gasteiger partial charge >= 0.3 is 0 Å². The van der Waals surface area contributed by atoms with Crippen molar-refractivity contribution in [1.82, 2.24) is 0 Å². The van der Waals surface area contributed by atoms with Crippen molar-refractivity contribution in [2.45, 2.75) is 83.7 Å². The van der Waals surface area contributed by atoms with Crippen molar-refractivity contribution in [3.05, 3.63) is 0 Å². The molecule has 0 aromatic heterocycles. The highest BCUT2D eigenvalue weighted by molar-refractivity contribution is 6.82. The van der Waals surface area contributed by atoms with Gasteiger partial charge in [-0.15, -0.1) is 0 Å². The minimum absolute atomic E-state index is 0.253. The Hall–Kier alpha value is 0.177. The first-order valence-electron chi connectivity index (χ1n) is 5.93. The highest BCUT2D eigenvalue weighted by Crippen LogP contribution is 2.54. The molecule has 0 aliphatic carbocycles. The van der Waals surface area contributed by atoms with Crippen LogP contribution in [-0.2, 0) is 0 Å². The molecule has 0 amide bonds. The topological polar surface area (TPSA) is 20.2 Å². The first-order valence-corrected chi connectivity index (χ1v) is 8.93. The molecule has 0 aliphatic rings. The van der Waals surface area contributed by atoms with Crippen LogP contribution in [0.25, 0.3) is 0 Å². The van der Waals surface area contributed by atoms with Crippen LogP contribution in [0.5, 0.6) is 0 Å². The van der Waals surface area contributed by atoms with Crippen molar-refractivity contribution in [1.29, 1.82) is 0 Å². The van der Waals surface area contributed by atoms with Gasteiger partial charge in [-0.25, -0.2) is 0 Å². The molecular weight excluding hydrogens is 200 g/mol. The molecule has 92 valence electrons. The van der Waals surface area contributed by atoms with Gasteiger partial charge in [0, 0.05) is 0 Å². The van der Waals surface area contributed by atoms with Gasteiger partial charge in [0.15, 0.2) is 0 Å². The Morgan fingerprint density at radius 3 is 1.40 bits per heavy atom. The molecule has 0 atom stereocenters. The van der Waals surface area contributed by atoms with E-state index in [1.165, 1.54) is 0 Å². The lowest BCUT2D eigenvalue weighted by Crippen LogP contribution is -2.49. The molecule has 0 radical (unpaired) electrons. The second-order valence-corrected chi connectivity index (χ2v) is 13.9. The van der Waals surface area contributed by atoms with Gasteiger partial charge < -0.3 is 5.11 Å². The van der Waals surface area contributed by atoms with Crippen LogP contribution in [0.3, 0.4) is 0 Å². The van der Waals surface area contributed by atoms with Crippen molar-refractivity contribution in [3.63, 3.8) is 0 Å². The van der Waals surface area contributed by atoms with E-state index in [-0.39, 0.29) is 5.04 Å². The molecule has 0 aliphatic heterocycles. The summed E-state index contributed by atoms with van der Waals surface area (Å²) in [5.74, 6) is 0. The van der Waals surface area contributed by atoms with Gasteiger partial charge in [-0.3, -0.25) is 0 Å². The monoisotopic (exact) mass is 230 g/mol. The summed E-state index contributed by atoms with van der Waals surface area (Å²) in [6, 6.07) is 0. The standard InChI is InChI=1S/C13H30OSi/c1-11(2,3)15(8,9)13(6,7)10-12(4,5)14/h14H,10H2,1-9H3. The quantitative estimate of drug-likeness (QED) is 0.711. The molecule has 1 N–H and O–H groups in total. The van der Waals surface area contributed by atoms with Crippen molar-refractivity contribution >= 4 is 8.07 Å². The Labute approximate surface area is 97.3 Å². The lowest BCUT2D eigenvalue weighted by atomic mass is 9.95. The predicted octanol–water partition coefficient (Wildman–Crippen LogP) is 4.44. The highest BCUT2D eigenvalue weighted by Gasteiger charge is 2.48. The van der Waals surface area contributed by atoms with E-state index in [2.05, 4.69) is 47.7 Å². The van der Waals surface area contributed by atoms with Gasteiger partial charge in [-0.2, -0.15) is 0 Å². The van der Waals surface area contributed by atoms with Crippen LogP contribution in [0.2, 0.25) is 23.2 Å². The van der Waals surface area contributed by atoms with Crippen molar-refractivity contribution in [3.8, 4) is 0 Å². The first kappa shape index (κ1) is 15.2. The van der Waals surface area contributed by atoms with Crippen LogP contribution in [0.15, 0.2) is 0 Å². The highest BCUT2D eigenvalue weighted by atomic mass is 28.3. The van der Waals surface area contributed by atoms with E-state index in [1.54, 1.807) is 0 Å². The average Bonchev–Trinajstić information content (AvgIpc) is 1.77. The van der Waals surface area contributed by atoms with E-state index in [1.807, 2.05) is 13.8 Å². The molecule has 0 spiro atoms. The zero-order valence-electron chi connectivity index (χ0n) is 12.2. The second-order valence-electron chi connectivity index (χ2n) is 7.75. The minimum Gasteiger partial charge on any atom is -0.390 e. The van der Waals surface area contributed by atoms with Gasteiger partial charge in [-0.1, -0.05) is 47.7 Å². The van der Waals surface area contributed by atoms with E-state index in [0.29, 0.717) is 5.04 Å². The van der Waals surface area contributed by atoms with E-state index in [9.17, 15) is 5.11 Å². The van der Waals surface area contributed by atoms with Gasteiger partial charge in [0.2, 0.25) is 0 Å². The summed E-state index contributed by atoms with van der Waals surface area (Å²) in [5.41, 5.74) is -0.557. The van der Waals surface area contributed by atoms with Gasteiger partial charge in [-0.05, 0) is 30.3 Å². The Bertz CT molecular complexity index is 216. The fourth-order valence-corrected chi connectivity index (χ4v) is 5.22. The molecule has 0 bridgehead atoms. The molecule has 15 heavy (non-hydrogen) atoms. The predicted molar refractivity (Wildman–Crippen MR) is 72.2 cm³/mol. The molecule has 1 nitrogen and oxygen atoms in total. The normalized spacial score (nSPS) is 15.6. The number of hydrogen-bond donors (Lipinski definition) is 1. The third-order valence-electron chi connectivity index (χ3n) is 4.44. The van der Waals surface area contributed by atoms with Gasteiger partial charge in [0.1, 0.15) is 0 Å². The van der Waals surface area contributed by atoms with E-state index in [4.69, 9.17) is 0 Å². The fourth-order valence-electron chi connectivity index (χ4n) is 2.32. The van der Waals surface area contributed by atoms with Crippen LogP contribution in [-0.4, -0.2) is 18.8 Å². The smallest absolute Gasteiger partial charge is 0.0594 e. The molecule has 0 fully saturated rings. The molecule has 0 unspecified atom stereocenters. The molecule has 0 saturated carbocycles. The SMILES string of the molecule is CC(C)(O)CC(C)(C)[Si](C)(C)C(C)(C)C. The third-order valence-corrected chi connectivity index (χ3v) is 11.8. The van der Waals surface area contributed by atoms with Crippen LogP contribution < -0.4 is 0 Å². The van der Waals surface area contributed by atoms with E-state index < -0.39 is 13.7 Å². The lowest BCUT2D eigenvalue weighted by Gasteiger charge is -2.51. The van der Waals surface area contributed by atoms with E-state index >= 15 is 0 Å². The first-order chi connectivity index (χ1) is 6.21. The van der Waals surface area contributed by atoms with Crippen molar-refractivity contribution in [2.24, 2.45) is 0 Å². The van der Waals surface area contributed by atoms with Crippen LogP contribution in [0.1, 0.15) is 54.9 Å². The largest absolute Gasteiger partial charge is 0.390 e. The summed E-state index contributed by atoms with van der Waals surface area (Å²) in [6.07, 6.45) is 0.885. The lowest BCUT2D eigenvalue weighted by molar-refractivity contribution is 0.0587. The number of hydrogen-bond acceptors (Lipinski definition) is 1. The van der Waals surface area contributed by atoms with Crippen molar-refractivity contribution in [2.75, 3.05) is 0 Å². The summed E-state index contributed by atoms with van der Waals surface area (Å²) in [7, 11) is -1.40. The molecular formula is C13H30OSi. The molecule has 0 rings (SSSR count). The van der Waals surface area contributed by atoms with Crippen molar-refractivity contribution < 1.29 is 5.11 Å². The van der Waals surface area contributed by atoms with Crippen LogP contribution in [0, 0.1) is 0 Å². The maximum Gasteiger partial charge on any atom is 0.0594 e. The maximum atomic E-state index is 10.0. The van der Waals surface area contributed by atoms with E-state index in [0.717, 1.165) is 6.42 Å². The fraction of sp³-hybridized carbons (Fsp3) is 1.00. The number of aliphatic hydroxyl groups is 1. The Kier molecular flexibility index (Phi) is 3.93. The second kappa shape index (κ2) is 3.88. The third kappa shape index (κ3) is 3.60.